The molecule has 0 spiro atoms. The maximum absolute atomic E-state index is 12.8. The van der Waals surface area contributed by atoms with Gasteiger partial charge in [0.2, 0.25) is 5.91 Å². The summed E-state index contributed by atoms with van der Waals surface area (Å²) < 4.78 is 43.5. The maximum Gasteiger partial charge on any atom is 0.416 e. The Labute approximate surface area is 120 Å². The molecule has 1 atom stereocenters. The van der Waals surface area contributed by atoms with Crippen LogP contribution < -0.4 is 5.32 Å². The number of alkyl halides is 3. The van der Waals surface area contributed by atoms with Gasteiger partial charge in [-0.1, -0.05) is 12.1 Å². The molecule has 1 aromatic carbocycles. The fourth-order valence-corrected chi connectivity index (χ4v) is 2.28. The lowest BCUT2D eigenvalue weighted by Gasteiger charge is -2.25. The fraction of sp³-hybridized carbons (Fsp3) is 0.500. The highest BCUT2D eigenvalue weighted by atomic mass is 19.4. The minimum absolute atomic E-state index is 0.118. The third-order valence-corrected chi connectivity index (χ3v) is 3.29. The number of hydrogen-bond donors (Lipinski definition) is 1. The highest BCUT2D eigenvalue weighted by Gasteiger charge is 2.34. The maximum atomic E-state index is 12.8. The highest BCUT2D eigenvalue weighted by molar-refractivity contribution is 5.81. The van der Waals surface area contributed by atoms with E-state index in [4.69, 9.17) is 4.74 Å². The SMILES string of the molecule is CCOCCN1C(=O)CNC1c1cccc(C(F)(F)F)c1. The van der Waals surface area contributed by atoms with Crippen molar-refractivity contribution in [2.45, 2.75) is 19.3 Å². The zero-order chi connectivity index (χ0) is 15.5. The van der Waals surface area contributed by atoms with E-state index in [0.29, 0.717) is 25.3 Å². The Morgan fingerprint density at radius 2 is 2.19 bits per heavy atom. The van der Waals surface area contributed by atoms with E-state index in [1.807, 2.05) is 6.92 Å². The fourth-order valence-electron chi connectivity index (χ4n) is 2.28. The largest absolute Gasteiger partial charge is 0.416 e. The molecular weight excluding hydrogens is 285 g/mol. The van der Waals surface area contributed by atoms with Gasteiger partial charge in [-0.15, -0.1) is 0 Å². The first-order chi connectivity index (χ1) is 9.93. The summed E-state index contributed by atoms with van der Waals surface area (Å²) in [5.74, 6) is -0.142. The van der Waals surface area contributed by atoms with Crippen LogP contribution in [0, 0.1) is 0 Å². The van der Waals surface area contributed by atoms with Crippen molar-refractivity contribution in [3.8, 4) is 0 Å². The molecule has 1 N–H and O–H groups in total. The minimum atomic E-state index is -4.39. The summed E-state index contributed by atoms with van der Waals surface area (Å²) >= 11 is 0. The highest BCUT2D eigenvalue weighted by Crippen LogP contribution is 2.32. The molecule has 0 radical (unpaired) electrons. The van der Waals surface area contributed by atoms with Crippen LogP contribution in [0.5, 0.6) is 0 Å². The Hall–Kier alpha value is -1.60. The van der Waals surface area contributed by atoms with E-state index in [1.54, 1.807) is 6.07 Å². The molecule has 0 bridgehead atoms. The summed E-state index contributed by atoms with van der Waals surface area (Å²) in [7, 11) is 0. The summed E-state index contributed by atoms with van der Waals surface area (Å²) in [5.41, 5.74) is -0.293. The summed E-state index contributed by atoms with van der Waals surface area (Å²) in [6, 6.07) is 5.03. The van der Waals surface area contributed by atoms with Gasteiger partial charge >= 0.3 is 6.18 Å². The van der Waals surface area contributed by atoms with E-state index in [9.17, 15) is 18.0 Å². The number of nitrogens with one attached hydrogen (secondary N) is 1. The monoisotopic (exact) mass is 302 g/mol. The van der Waals surface area contributed by atoms with Crippen LogP contribution in [0.2, 0.25) is 0 Å². The third kappa shape index (κ3) is 3.74. The minimum Gasteiger partial charge on any atom is -0.380 e. The molecule has 1 saturated heterocycles. The van der Waals surface area contributed by atoms with Crippen molar-refractivity contribution in [2.75, 3.05) is 26.3 Å². The van der Waals surface area contributed by atoms with Gasteiger partial charge in [-0.25, -0.2) is 0 Å². The number of carbonyl (C=O) groups excluding carboxylic acids is 1. The average Bonchev–Trinajstić information content (AvgIpc) is 2.80. The normalized spacial score (nSPS) is 19.3. The van der Waals surface area contributed by atoms with Gasteiger partial charge in [0.05, 0.1) is 18.7 Å². The van der Waals surface area contributed by atoms with E-state index in [-0.39, 0.29) is 12.5 Å². The van der Waals surface area contributed by atoms with Gasteiger partial charge in [0, 0.05) is 13.2 Å². The molecule has 1 amide bonds. The lowest BCUT2D eigenvalue weighted by atomic mass is 10.1. The number of rotatable bonds is 5. The van der Waals surface area contributed by atoms with Crippen LogP contribution in [0.15, 0.2) is 24.3 Å². The first-order valence-corrected chi connectivity index (χ1v) is 6.71. The molecule has 1 aliphatic rings. The van der Waals surface area contributed by atoms with Crippen molar-refractivity contribution in [2.24, 2.45) is 0 Å². The van der Waals surface area contributed by atoms with Crippen molar-refractivity contribution in [3.05, 3.63) is 35.4 Å². The molecule has 4 nitrogen and oxygen atoms in total. The Morgan fingerprint density at radius 3 is 2.86 bits per heavy atom. The second kappa shape index (κ2) is 6.44. The van der Waals surface area contributed by atoms with Crippen LogP contribution in [0.3, 0.4) is 0 Å². The zero-order valence-electron chi connectivity index (χ0n) is 11.6. The van der Waals surface area contributed by atoms with Crippen molar-refractivity contribution in [1.29, 1.82) is 0 Å². The predicted molar refractivity (Wildman–Crippen MR) is 70.4 cm³/mol. The second-order valence-electron chi connectivity index (χ2n) is 4.69. The van der Waals surface area contributed by atoms with Crippen molar-refractivity contribution in [3.63, 3.8) is 0 Å². The molecule has 0 aliphatic carbocycles. The Kier molecular flexibility index (Phi) is 4.84. The number of hydrogen-bond acceptors (Lipinski definition) is 3. The van der Waals surface area contributed by atoms with Crippen LogP contribution in [0.25, 0.3) is 0 Å². The first kappa shape index (κ1) is 15.8. The van der Waals surface area contributed by atoms with E-state index in [1.165, 1.54) is 11.0 Å². The molecule has 21 heavy (non-hydrogen) atoms. The zero-order valence-corrected chi connectivity index (χ0v) is 11.6. The van der Waals surface area contributed by atoms with E-state index >= 15 is 0 Å². The van der Waals surface area contributed by atoms with Gasteiger partial charge in [-0.3, -0.25) is 10.1 Å². The van der Waals surface area contributed by atoms with Crippen LogP contribution in [-0.4, -0.2) is 37.1 Å². The van der Waals surface area contributed by atoms with Crippen LogP contribution in [0.1, 0.15) is 24.2 Å². The molecule has 1 fully saturated rings. The van der Waals surface area contributed by atoms with Crippen LogP contribution in [-0.2, 0) is 15.7 Å². The molecule has 0 aromatic heterocycles. The topological polar surface area (TPSA) is 41.6 Å². The van der Waals surface area contributed by atoms with E-state index < -0.39 is 17.9 Å². The first-order valence-electron chi connectivity index (χ1n) is 6.71. The van der Waals surface area contributed by atoms with Gasteiger partial charge in [0.15, 0.2) is 0 Å². The molecule has 2 rings (SSSR count). The standard InChI is InChI=1S/C14H17F3N2O2/c1-2-21-7-6-19-12(20)9-18-13(19)10-4-3-5-11(8-10)14(15,16)17/h3-5,8,13,18H,2,6-7,9H2,1H3. The molecule has 0 saturated carbocycles. The van der Waals surface area contributed by atoms with Gasteiger partial charge in [0.25, 0.3) is 0 Å². The second-order valence-corrected chi connectivity index (χ2v) is 4.69. The van der Waals surface area contributed by atoms with Gasteiger partial charge in [0.1, 0.15) is 6.17 Å². The number of halogens is 3. The molecule has 116 valence electrons. The lowest BCUT2D eigenvalue weighted by Crippen LogP contribution is -2.33. The van der Waals surface area contributed by atoms with Gasteiger partial charge < -0.3 is 9.64 Å². The molecule has 1 aromatic rings. The lowest BCUT2D eigenvalue weighted by molar-refractivity contribution is -0.137. The molecule has 1 aliphatic heterocycles. The average molecular weight is 302 g/mol. The number of ether oxygens (including phenoxy) is 1. The van der Waals surface area contributed by atoms with E-state index in [0.717, 1.165) is 12.1 Å². The summed E-state index contributed by atoms with van der Waals surface area (Å²) in [6.45, 7) is 3.20. The predicted octanol–water partition coefficient (Wildman–Crippen LogP) is 2.17. The number of nitrogens with zero attached hydrogens (tertiary/aromatic N) is 1. The van der Waals surface area contributed by atoms with Crippen molar-refractivity contribution < 1.29 is 22.7 Å². The number of amides is 1. The molecule has 1 unspecified atom stereocenters. The summed E-state index contributed by atoms with van der Waals surface area (Å²) in [5, 5.41) is 2.93. The third-order valence-electron chi connectivity index (χ3n) is 3.29. The van der Waals surface area contributed by atoms with Crippen LogP contribution >= 0.6 is 0 Å². The number of benzene rings is 1. The summed E-state index contributed by atoms with van der Waals surface area (Å²) in [6.07, 6.45) is -4.94. The Morgan fingerprint density at radius 1 is 1.43 bits per heavy atom. The smallest absolute Gasteiger partial charge is 0.380 e. The Balaban J connectivity index is 2.17. The summed E-state index contributed by atoms with van der Waals surface area (Å²) in [4.78, 5) is 13.3. The van der Waals surface area contributed by atoms with Gasteiger partial charge in [-0.2, -0.15) is 13.2 Å². The molecule has 1 heterocycles. The van der Waals surface area contributed by atoms with Gasteiger partial charge in [-0.05, 0) is 24.6 Å². The van der Waals surface area contributed by atoms with E-state index in [2.05, 4.69) is 5.32 Å². The van der Waals surface area contributed by atoms with Crippen molar-refractivity contribution in [1.82, 2.24) is 10.2 Å². The van der Waals surface area contributed by atoms with Crippen LogP contribution in [0.4, 0.5) is 13.2 Å². The Bertz CT molecular complexity index is 505. The molecular formula is C14H17F3N2O2. The molecule has 7 heteroatoms. The van der Waals surface area contributed by atoms with Crippen molar-refractivity contribution >= 4 is 5.91 Å². The quantitative estimate of drug-likeness (QED) is 0.848. The number of carbonyl (C=O) groups is 1.